The molecule has 1 aromatic carbocycles. The molecule has 1 amide bonds. The van der Waals surface area contributed by atoms with Gasteiger partial charge in [0.15, 0.2) is 0 Å². The summed E-state index contributed by atoms with van der Waals surface area (Å²) in [6.45, 7) is 8.08. The topological polar surface area (TPSA) is 51.1 Å². The first-order valence-corrected chi connectivity index (χ1v) is 11.1. The second-order valence-electron chi connectivity index (χ2n) is 6.62. The number of amides is 1. The van der Waals surface area contributed by atoms with Crippen molar-refractivity contribution in [2.45, 2.75) is 53.4 Å². The van der Waals surface area contributed by atoms with Gasteiger partial charge in [0.1, 0.15) is 5.56 Å². The average Bonchev–Trinajstić information content (AvgIpc) is 2.65. The zero-order valence-corrected chi connectivity index (χ0v) is 20.2. The summed E-state index contributed by atoms with van der Waals surface area (Å²) in [7, 11) is 1.90. The molecule has 0 saturated heterocycles. The largest absolute Gasteiger partial charge is 0.350 e. The van der Waals surface area contributed by atoms with E-state index in [2.05, 4.69) is 69.8 Å². The normalized spacial score (nSPS) is 10.9. The molecule has 1 aromatic heterocycles. The van der Waals surface area contributed by atoms with Gasteiger partial charge in [-0.1, -0.05) is 27.2 Å². The quantitative estimate of drug-likeness (QED) is 0.496. The van der Waals surface area contributed by atoms with E-state index in [1.54, 1.807) is 0 Å². The molecular formula is C21H26BrIN2O2. The van der Waals surface area contributed by atoms with E-state index >= 15 is 0 Å². The zero-order valence-electron chi connectivity index (χ0n) is 16.5. The Balaban J connectivity index is 2.63. The Hall–Kier alpha value is -1.15. The minimum atomic E-state index is -0.328. The van der Waals surface area contributed by atoms with Gasteiger partial charge in [0.05, 0.1) is 4.47 Å². The van der Waals surface area contributed by atoms with Gasteiger partial charge in [-0.25, -0.2) is 0 Å². The number of hydrogen-bond donors (Lipinski definition) is 1. The number of halogens is 2. The first-order chi connectivity index (χ1) is 12.8. The number of aromatic nitrogens is 1. The maximum atomic E-state index is 13.2. The molecule has 0 aliphatic carbocycles. The van der Waals surface area contributed by atoms with Crippen LogP contribution in [-0.4, -0.2) is 10.5 Å². The number of carbonyl (C=O) groups is 1. The lowest BCUT2D eigenvalue weighted by molar-refractivity contribution is 0.102. The minimum absolute atomic E-state index is 0.236. The minimum Gasteiger partial charge on any atom is -0.350 e. The highest BCUT2D eigenvalue weighted by atomic mass is 127. The Bertz CT molecular complexity index is 910. The first-order valence-electron chi connectivity index (χ1n) is 9.27. The summed E-state index contributed by atoms with van der Waals surface area (Å²) in [6.07, 6.45) is 3.17. The molecule has 0 aliphatic heterocycles. The van der Waals surface area contributed by atoms with Crippen LogP contribution >= 0.6 is 38.5 Å². The van der Waals surface area contributed by atoms with Crippen molar-refractivity contribution in [1.82, 2.24) is 4.57 Å². The van der Waals surface area contributed by atoms with E-state index in [1.807, 2.05) is 25.5 Å². The molecule has 6 heteroatoms. The van der Waals surface area contributed by atoms with Gasteiger partial charge in [-0.3, -0.25) is 9.59 Å². The van der Waals surface area contributed by atoms with Crippen LogP contribution in [0.5, 0.6) is 0 Å². The van der Waals surface area contributed by atoms with Crippen molar-refractivity contribution in [2.75, 3.05) is 5.32 Å². The molecule has 27 heavy (non-hydrogen) atoms. The molecule has 0 fully saturated rings. The number of aryl methyl sites for hydroxylation is 2. The molecule has 4 nitrogen and oxygen atoms in total. The molecule has 2 rings (SSSR count). The van der Waals surface area contributed by atoms with Crippen molar-refractivity contribution >= 4 is 50.1 Å². The van der Waals surface area contributed by atoms with Crippen molar-refractivity contribution in [3.05, 3.63) is 58.5 Å². The summed E-state index contributed by atoms with van der Waals surface area (Å²) < 4.78 is 3.54. The van der Waals surface area contributed by atoms with E-state index in [4.69, 9.17) is 0 Å². The molecule has 0 radical (unpaired) electrons. The molecule has 1 N–H and O–H groups in total. The molecule has 0 saturated carbocycles. The maximum Gasteiger partial charge on any atom is 0.261 e. The van der Waals surface area contributed by atoms with Crippen LogP contribution in [0.25, 0.3) is 0 Å². The van der Waals surface area contributed by atoms with Gasteiger partial charge in [0, 0.05) is 27.7 Å². The van der Waals surface area contributed by atoms with Crippen LogP contribution in [0, 0.1) is 10.5 Å². The Morgan fingerprint density at radius 3 is 2.22 bits per heavy atom. The van der Waals surface area contributed by atoms with Gasteiger partial charge >= 0.3 is 0 Å². The Labute approximate surface area is 183 Å². The third-order valence-corrected chi connectivity index (χ3v) is 6.48. The molecular weight excluding hydrogens is 519 g/mol. The number of hydrogen-bond acceptors (Lipinski definition) is 2. The highest BCUT2D eigenvalue weighted by Gasteiger charge is 2.23. The monoisotopic (exact) mass is 544 g/mol. The third-order valence-electron chi connectivity index (χ3n) is 4.92. The fourth-order valence-corrected chi connectivity index (χ4v) is 4.52. The number of carbonyl (C=O) groups excluding carboxylic acids is 1. The number of anilines is 1. The molecule has 0 bridgehead atoms. The van der Waals surface area contributed by atoms with Crippen molar-refractivity contribution in [3.8, 4) is 0 Å². The van der Waals surface area contributed by atoms with Gasteiger partial charge in [-0.15, -0.1) is 0 Å². The molecule has 0 unspecified atom stereocenters. The number of benzene rings is 1. The predicted octanol–water partition coefficient (Wildman–Crippen LogP) is 5.39. The lowest BCUT2D eigenvalue weighted by atomic mass is 10.0. The van der Waals surface area contributed by atoms with Crippen LogP contribution < -0.4 is 10.7 Å². The van der Waals surface area contributed by atoms with Crippen LogP contribution in [0.4, 0.5) is 5.69 Å². The third kappa shape index (κ3) is 4.47. The van der Waals surface area contributed by atoms with Gasteiger partial charge in [0.25, 0.3) is 5.91 Å². The van der Waals surface area contributed by atoms with Crippen LogP contribution in [0.1, 0.15) is 60.1 Å². The van der Waals surface area contributed by atoms with Gasteiger partial charge in [-0.05, 0) is 88.0 Å². The standard InChI is InChI=1S/C21H26BrIN2O2/c1-6-9-16-17(20(26)18(22)12(4)25(16)5)21(27)24-19-13(7-2)10-15(23)11-14(19)8-3/h10-11H,6-9H2,1-5H3,(H,24,27). The SMILES string of the molecule is CCCc1c(C(=O)Nc2c(CC)cc(I)cc2CC)c(=O)c(Br)c(C)n1C. The van der Waals surface area contributed by atoms with E-state index in [-0.39, 0.29) is 16.9 Å². The highest BCUT2D eigenvalue weighted by Crippen LogP contribution is 2.27. The average molecular weight is 545 g/mol. The van der Waals surface area contributed by atoms with Gasteiger partial charge < -0.3 is 9.88 Å². The molecule has 1 heterocycles. The summed E-state index contributed by atoms with van der Waals surface area (Å²) in [5, 5.41) is 3.06. The van der Waals surface area contributed by atoms with Gasteiger partial charge in [0.2, 0.25) is 5.43 Å². The number of rotatable bonds is 6. The van der Waals surface area contributed by atoms with E-state index in [0.717, 1.165) is 51.0 Å². The predicted molar refractivity (Wildman–Crippen MR) is 124 cm³/mol. The lowest BCUT2D eigenvalue weighted by Gasteiger charge is -2.19. The molecule has 146 valence electrons. The van der Waals surface area contributed by atoms with Crippen LogP contribution in [-0.2, 0) is 26.3 Å². The van der Waals surface area contributed by atoms with Gasteiger partial charge in [-0.2, -0.15) is 0 Å². The van der Waals surface area contributed by atoms with Crippen molar-refractivity contribution in [2.24, 2.45) is 7.05 Å². The fraction of sp³-hybridized carbons (Fsp3) is 0.429. The smallest absolute Gasteiger partial charge is 0.261 e. The second kappa shape index (κ2) is 9.37. The number of nitrogens with zero attached hydrogens (tertiary/aromatic N) is 1. The molecule has 2 aromatic rings. The van der Waals surface area contributed by atoms with Crippen LogP contribution in [0.15, 0.2) is 21.4 Å². The van der Waals surface area contributed by atoms with E-state index in [0.29, 0.717) is 10.9 Å². The Kier molecular flexibility index (Phi) is 7.68. The summed E-state index contributed by atoms with van der Waals surface area (Å²) in [5.74, 6) is -0.328. The molecule has 0 aliphatic rings. The van der Waals surface area contributed by atoms with Crippen molar-refractivity contribution in [3.63, 3.8) is 0 Å². The fourth-order valence-electron chi connectivity index (χ4n) is 3.31. The summed E-state index contributed by atoms with van der Waals surface area (Å²) in [6, 6.07) is 4.18. The van der Waals surface area contributed by atoms with Crippen LogP contribution in [0.2, 0.25) is 0 Å². The Morgan fingerprint density at radius 2 is 1.74 bits per heavy atom. The second-order valence-corrected chi connectivity index (χ2v) is 8.66. The number of pyridine rings is 1. The molecule has 0 spiro atoms. The van der Waals surface area contributed by atoms with E-state index < -0.39 is 0 Å². The number of nitrogens with one attached hydrogen (secondary N) is 1. The van der Waals surface area contributed by atoms with Crippen molar-refractivity contribution in [1.29, 1.82) is 0 Å². The van der Waals surface area contributed by atoms with E-state index in [1.165, 1.54) is 0 Å². The zero-order chi connectivity index (χ0) is 20.3. The highest BCUT2D eigenvalue weighted by molar-refractivity contribution is 14.1. The van der Waals surface area contributed by atoms with Crippen LogP contribution in [0.3, 0.4) is 0 Å². The molecule has 0 atom stereocenters. The van der Waals surface area contributed by atoms with E-state index in [9.17, 15) is 9.59 Å². The lowest BCUT2D eigenvalue weighted by Crippen LogP contribution is -2.29. The summed E-state index contributed by atoms with van der Waals surface area (Å²) in [5.41, 5.74) is 4.62. The maximum absolute atomic E-state index is 13.2. The first kappa shape index (κ1) is 22.1. The van der Waals surface area contributed by atoms with Crippen molar-refractivity contribution < 1.29 is 4.79 Å². The Morgan fingerprint density at radius 1 is 1.19 bits per heavy atom. The summed E-state index contributed by atoms with van der Waals surface area (Å²) >= 11 is 5.67. The summed E-state index contributed by atoms with van der Waals surface area (Å²) in [4.78, 5) is 26.1.